The number of benzene rings is 2. The summed E-state index contributed by atoms with van der Waals surface area (Å²) < 4.78 is 12.2. The SMILES string of the molecule is CCCOc1ccc(NC(=O)c2cc(=O)c3cc(Br)ccc3o2)c2cccnc12. The molecule has 1 amide bonds. The van der Waals surface area contributed by atoms with Crippen molar-refractivity contribution in [1.82, 2.24) is 4.98 Å². The molecule has 0 radical (unpaired) electrons. The Hall–Kier alpha value is -3.19. The Morgan fingerprint density at radius 1 is 1.17 bits per heavy atom. The lowest BCUT2D eigenvalue weighted by Gasteiger charge is -2.12. The number of fused-ring (bicyclic) bond motifs is 2. The van der Waals surface area contributed by atoms with Gasteiger partial charge in [0.15, 0.2) is 11.2 Å². The second kappa shape index (κ2) is 8.05. The maximum atomic E-state index is 12.8. The van der Waals surface area contributed by atoms with E-state index < -0.39 is 5.91 Å². The second-order valence-corrected chi connectivity index (χ2v) is 7.34. The third-order valence-electron chi connectivity index (χ3n) is 4.36. The van der Waals surface area contributed by atoms with Crippen LogP contribution >= 0.6 is 15.9 Å². The summed E-state index contributed by atoms with van der Waals surface area (Å²) in [5.41, 5.74) is 1.28. The normalized spacial score (nSPS) is 11.0. The Balaban J connectivity index is 1.70. The van der Waals surface area contributed by atoms with Crippen molar-refractivity contribution < 1.29 is 13.9 Å². The summed E-state index contributed by atoms with van der Waals surface area (Å²) in [7, 11) is 0. The number of hydrogen-bond donors (Lipinski definition) is 1. The molecule has 0 unspecified atom stereocenters. The molecule has 0 aliphatic carbocycles. The van der Waals surface area contributed by atoms with Gasteiger partial charge in [0.2, 0.25) is 0 Å². The molecule has 7 heteroatoms. The number of amides is 1. The zero-order valence-corrected chi connectivity index (χ0v) is 17.2. The van der Waals surface area contributed by atoms with Crippen LogP contribution < -0.4 is 15.5 Å². The number of halogens is 1. The minimum atomic E-state index is -0.515. The second-order valence-electron chi connectivity index (χ2n) is 6.43. The fourth-order valence-electron chi connectivity index (χ4n) is 3.01. The molecule has 0 fully saturated rings. The van der Waals surface area contributed by atoms with Crippen molar-refractivity contribution in [2.24, 2.45) is 0 Å². The van der Waals surface area contributed by atoms with Crippen LogP contribution in [0.2, 0.25) is 0 Å². The number of nitrogens with one attached hydrogen (secondary N) is 1. The Morgan fingerprint density at radius 3 is 2.86 bits per heavy atom. The highest BCUT2D eigenvalue weighted by atomic mass is 79.9. The molecule has 0 aliphatic rings. The number of carbonyl (C=O) groups is 1. The average Bonchev–Trinajstić information content (AvgIpc) is 2.73. The van der Waals surface area contributed by atoms with Crippen molar-refractivity contribution in [2.45, 2.75) is 13.3 Å². The van der Waals surface area contributed by atoms with Gasteiger partial charge >= 0.3 is 0 Å². The van der Waals surface area contributed by atoms with E-state index in [0.717, 1.165) is 16.3 Å². The van der Waals surface area contributed by atoms with E-state index in [0.29, 0.717) is 34.5 Å². The first-order valence-corrected chi connectivity index (χ1v) is 9.91. The number of nitrogens with zero attached hydrogens (tertiary/aromatic N) is 1. The van der Waals surface area contributed by atoms with Crippen molar-refractivity contribution >= 4 is 49.4 Å². The van der Waals surface area contributed by atoms with Crippen LogP contribution in [0.4, 0.5) is 5.69 Å². The fourth-order valence-corrected chi connectivity index (χ4v) is 3.37. The van der Waals surface area contributed by atoms with Crippen LogP contribution in [0.1, 0.15) is 23.9 Å². The summed E-state index contributed by atoms with van der Waals surface area (Å²) in [5, 5.41) is 3.95. The van der Waals surface area contributed by atoms with Crippen molar-refractivity contribution in [3.05, 3.63) is 75.2 Å². The molecule has 4 rings (SSSR count). The number of carbonyl (C=O) groups excluding carboxylic acids is 1. The molecule has 4 aromatic rings. The first-order chi connectivity index (χ1) is 14.1. The van der Waals surface area contributed by atoms with Crippen LogP contribution in [0.25, 0.3) is 21.9 Å². The van der Waals surface area contributed by atoms with E-state index in [1.165, 1.54) is 6.07 Å². The molecule has 0 saturated carbocycles. The van der Waals surface area contributed by atoms with E-state index in [9.17, 15) is 9.59 Å². The van der Waals surface area contributed by atoms with E-state index in [1.807, 2.05) is 13.0 Å². The highest BCUT2D eigenvalue weighted by Crippen LogP contribution is 2.30. The molecule has 1 N–H and O–H groups in total. The fraction of sp³-hybridized carbons (Fsp3) is 0.136. The van der Waals surface area contributed by atoms with Gasteiger partial charge in [-0.1, -0.05) is 22.9 Å². The van der Waals surface area contributed by atoms with Crippen LogP contribution in [-0.4, -0.2) is 17.5 Å². The van der Waals surface area contributed by atoms with Crippen molar-refractivity contribution in [2.75, 3.05) is 11.9 Å². The molecular weight excluding hydrogens is 436 g/mol. The quantitative estimate of drug-likeness (QED) is 0.452. The van der Waals surface area contributed by atoms with Gasteiger partial charge in [0.1, 0.15) is 16.8 Å². The third-order valence-corrected chi connectivity index (χ3v) is 4.85. The lowest BCUT2D eigenvalue weighted by Crippen LogP contribution is -2.15. The van der Waals surface area contributed by atoms with Gasteiger partial charge in [-0.05, 0) is 48.9 Å². The summed E-state index contributed by atoms with van der Waals surface area (Å²) in [6.07, 6.45) is 2.55. The maximum absolute atomic E-state index is 12.8. The van der Waals surface area contributed by atoms with Crippen LogP contribution in [0.5, 0.6) is 5.75 Å². The lowest BCUT2D eigenvalue weighted by molar-refractivity contribution is 0.0997. The average molecular weight is 453 g/mol. The maximum Gasteiger partial charge on any atom is 0.291 e. The standard InChI is InChI=1S/C22H17BrN2O4/c1-2-10-28-19-8-6-16(14-4-3-9-24-21(14)19)25-22(27)20-12-17(26)15-11-13(23)5-7-18(15)29-20/h3-9,11-12H,2,10H2,1H3,(H,25,27). The molecule has 6 nitrogen and oxygen atoms in total. The molecule has 0 atom stereocenters. The first-order valence-electron chi connectivity index (χ1n) is 9.12. The Labute approximate surface area is 174 Å². The number of hydrogen-bond acceptors (Lipinski definition) is 5. The van der Waals surface area contributed by atoms with Crippen molar-refractivity contribution in [1.29, 1.82) is 0 Å². The highest BCUT2D eigenvalue weighted by molar-refractivity contribution is 9.10. The monoisotopic (exact) mass is 452 g/mol. The van der Waals surface area contributed by atoms with Gasteiger partial charge in [0, 0.05) is 22.1 Å². The molecule has 29 heavy (non-hydrogen) atoms. The Bertz CT molecular complexity index is 1280. The van der Waals surface area contributed by atoms with E-state index in [-0.39, 0.29) is 11.2 Å². The number of aromatic nitrogens is 1. The number of ether oxygens (including phenoxy) is 1. The molecular formula is C22H17BrN2O4. The number of rotatable bonds is 5. The summed E-state index contributed by atoms with van der Waals surface area (Å²) in [6.45, 7) is 2.61. The Kier molecular flexibility index (Phi) is 5.31. The van der Waals surface area contributed by atoms with Gasteiger partial charge in [-0.2, -0.15) is 0 Å². The van der Waals surface area contributed by atoms with Gasteiger partial charge in [-0.15, -0.1) is 0 Å². The summed E-state index contributed by atoms with van der Waals surface area (Å²) in [6, 6.07) is 13.4. The molecule has 0 bridgehead atoms. The smallest absolute Gasteiger partial charge is 0.291 e. The topological polar surface area (TPSA) is 81.4 Å². The highest BCUT2D eigenvalue weighted by Gasteiger charge is 2.15. The van der Waals surface area contributed by atoms with Gasteiger partial charge in [0.05, 0.1) is 17.7 Å². The van der Waals surface area contributed by atoms with Gasteiger partial charge in [0.25, 0.3) is 5.91 Å². The van der Waals surface area contributed by atoms with Crippen LogP contribution in [0, 0.1) is 0 Å². The molecule has 2 aromatic heterocycles. The first kappa shape index (κ1) is 19.1. The molecule has 0 aliphatic heterocycles. The number of pyridine rings is 1. The molecule has 0 spiro atoms. The minimum Gasteiger partial charge on any atom is -0.491 e. The number of anilines is 1. The zero-order chi connectivity index (χ0) is 20.4. The lowest BCUT2D eigenvalue weighted by atomic mass is 10.1. The van der Waals surface area contributed by atoms with Crippen molar-refractivity contribution in [3.8, 4) is 5.75 Å². The van der Waals surface area contributed by atoms with Gasteiger partial charge in [-0.25, -0.2) is 0 Å². The van der Waals surface area contributed by atoms with Gasteiger partial charge < -0.3 is 14.5 Å². The molecule has 146 valence electrons. The summed E-state index contributed by atoms with van der Waals surface area (Å²) in [4.78, 5) is 29.5. The molecule has 2 heterocycles. The third kappa shape index (κ3) is 3.86. The predicted molar refractivity (Wildman–Crippen MR) is 116 cm³/mol. The van der Waals surface area contributed by atoms with Crippen LogP contribution in [0.15, 0.2) is 68.4 Å². The van der Waals surface area contributed by atoms with E-state index in [4.69, 9.17) is 9.15 Å². The van der Waals surface area contributed by atoms with Crippen molar-refractivity contribution in [3.63, 3.8) is 0 Å². The Morgan fingerprint density at radius 2 is 2.03 bits per heavy atom. The van der Waals surface area contributed by atoms with Crippen LogP contribution in [-0.2, 0) is 0 Å². The molecule has 2 aromatic carbocycles. The van der Waals surface area contributed by atoms with Gasteiger partial charge in [-0.3, -0.25) is 14.6 Å². The summed E-state index contributed by atoms with van der Waals surface area (Å²) in [5.74, 6) is 0.0794. The van der Waals surface area contributed by atoms with E-state index in [2.05, 4.69) is 26.2 Å². The largest absolute Gasteiger partial charge is 0.491 e. The van der Waals surface area contributed by atoms with Crippen LogP contribution in [0.3, 0.4) is 0 Å². The zero-order valence-electron chi connectivity index (χ0n) is 15.6. The van der Waals surface area contributed by atoms with E-state index >= 15 is 0 Å². The molecule has 0 saturated heterocycles. The minimum absolute atomic E-state index is 0.0619. The summed E-state index contributed by atoms with van der Waals surface area (Å²) >= 11 is 3.33. The van der Waals surface area contributed by atoms with E-state index in [1.54, 1.807) is 42.6 Å². The predicted octanol–water partition coefficient (Wildman–Crippen LogP) is 5.14.